The van der Waals surface area contributed by atoms with Crippen molar-refractivity contribution in [2.75, 3.05) is 16.9 Å². The van der Waals surface area contributed by atoms with Crippen LogP contribution in [-0.2, 0) is 4.79 Å². The van der Waals surface area contributed by atoms with Crippen molar-refractivity contribution in [1.29, 1.82) is 0 Å². The number of halogens is 1. The van der Waals surface area contributed by atoms with Crippen LogP contribution in [0.25, 0.3) is 11.4 Å². The third-order valence-electron chi connectivity index (χ3n) is 3.74. The van der Waals surface area contributed by atoms with E-state index in [1.807, 2.05) is 32.0 Å². The normalized spacial score (nSPS) is 10.7. The van der Waals surface area contributed by atoms with E-state index < -0.39 is 0 Å². The van der Waals surface area contributed by atoms with Crippen LogP contribution in [-0.4, -0.2) is 26.5 Å². The maximum atomic E-state index is 13.4. The van der Waals surface area contributed by atoms with Gasteiger partial charge in [-0.05, 0) is 37.6 Å². The zero-order valence-electron chi connectivity index (χ0n) is 14.4. The molecule has 3 N–H and O–H groups in total. The van der Waals surface area contributed by atoms with Gasteiger partial charge in [0.1, 0.15) is 5.82 Å². The van der Waals surface area contributed by atoms with E-state index in [2.05, 4.69) is 15.5 Å². The number of benzene rings is 2. The van der Waals surface area contributed by atoms with Crippen molar-refractivity contribution in [2.45, 2.75) is 19.0 Å². The molecule has 0 bridgehead atoms. The summed E-state index contributed by atoms with van der Waals surface area (Å²) in [7, 11) is 0. The van der Waals surface area contributed by atoms with E-state index in [9.17, 15) is 9.18 Å². The average Bonchev–Trinajstić information content (AvgIpc) is 2.96. The van der Waals surface area contributed by atoms with Gasteiger partial charge in [0, 0.05) is 11.3 Å². The number of thioether (sulfide) groups is 1. The van der Waals surface area contributed by atoms with Gasteiger partial charge in [-0.25, -0.2) is 9.07 Å². The van der Waals surface area contributed by atoms with Crippen molar-refractivity contribution in [3.63, 3.8) is 0 Å². The van der Waals surface area contributed by atoms with Crippen LogP contribution in [0.2, 0.25) is 0 Å². The second-order valence-corrected chi connectivity index (χ2v) is 6.78. The molecule has 0 spiro atoms. The lowest BCUT2D eigenvalue weighted by molar-refractivity contribution is -0.113. The van der Waals surface area contributed by atoms with Crippen LogP contribution in [0, 0.1) is 19.7 Å². The summed E-state index contributed by atoms with van der Waals surface area (Å²) in [4.78, 5) is 12.2. The Morgan fingerprint density at radius 2 is 2.04 bits per heavy atom. The molecule has 26 heavy (non-hydrogen) atoms. The van der Waals surface area contributed by atoms with Crippen LogP contribution in [0.1, 0.15) is 11.1 Å². The van der Waals surface area contributed by atoms with Crippen LogP contribution in [0.3, 0.4) is 0 Å². The molecule has 0 saturated heterocycles. The zero-order valence-corrected chi connectivity index (χ0v) is 15.2. The van der Waals surface area contributed by atoms with Crippen LogP contribution >= 0.6 is 11.8 Å². The Kier molecular flexibility index (Phi) is 5.22. The summed E-state index contributed by atoms with van der Waals surface area (Å²) in [5.41, 5.74) is 3.43. The number of amides is 1. The van der Waals surface area contributed by atoms with Gasteiger partial charge in [0.25, 0.3) is 0 Å². The fourth-order valence-electron chi connectivity index (χ4n) is 2.47. The number of hydrogen-bond acceptors (Lipinski definition) is 5. The first-order valence-electron chi connectivity index (χ1n) is 7.90. The number of nitrogens with zero attached hydrogens (tertiary/aromatic N) is 3. The van der Waals surface area contributed by atoms with Gasteiger partial charge in [-0.15, -0.1) is 10.2 Å². The maximum Gasteiger partial charge on any atom is 0.234 e. The molecule has 3 rings (SSSR count). The number of hydrogen-bond donors (Lipinski definition) is 2. The Labute approximate surface area is 154 Å². The molecule has 1 amide bonds. The van der Waals surface area contributed by atoms with E-state index >= 15 is 0 Å². The second-order valence-electron chi connectivity index (χ2n) is 5.84. The molecule has 1 aromatic heterocycles. The van der Waals surface area contributed by atoms with Gasteiger partial charge in [0.05, 0.1) is 5.75 Å². The fourth-order valence-corrected chi connectivity index (χ4v) is 3.13. The minimum absolute atomic E-state index is 0.131. The predicted molar refractivity (Wildman–Crippen MR) is 101 cm³/mol. The Morgan fingerprint density at radius 3 is 2.77 bits per heavy atom. The highest BCUT2D eigenvalue weighted by molar-refractivity contribution is 7.99. The lowest BCUT2D eigenvalue weighted by atomic mass is 10.1. The van der Waals surface area contributed by atoms with Crippen molar-refractivity contribution in [1.82, 2.24) is 14.9 Å². The molecule has 8 heteroatoms. The highest BCUT2D eigenvalue weighted by atomic mass is 32.2. The summed E-state index contributed by atoms with van der Waals surface area (Å²) in [6, 6.07) is 11.8. The number of nitrogen functional groups attached to an aromatic ring is 1. The smallest absolute Gasteiger partial charge is 0.234 e. The molecular weight excluding hydrogens is 353 g/mol. The fraction of sp³-hybridized carbons (Fsp3) is 0.167. The topological polar surface area (TPSA) is 85.8 Å². The van der Waals surface area contributed by atoms with Gasteiger partial charge in [-0.1, -0.05) is 41.6 Å². The van der Waals surface area contributed by atoms with Crippen molar-refractivity contribution in [3.05, 3.63) is 59.4 Å². The van der Waals surface area contributed by atoms with Gasteiger partial charge < -0.3 is 11.2 Å². The minimum atomic E-state index is -0.382. The average molecular weight is 371 g/mol. The maximum absolute atomic E-state index is 13.4. The number of rotatable bonds is 5. The van der Waals surface area contributed by atoms with E-state index in [1.54, 1.807) is 12.1 Å². The van der Waals surface area contributed by atoms with Gasteiger partial charge in [0.15, 0.2) is 5.82 Å². The SMILES string of the molecule is Cc1ccc(NC(=O)CSc2nnc(-c3cccc(F)c3)n2N)c(C)c1. The Morgan fingerprint density at radius 1 is 1.23 bits per heavy atom. The highest BCUT2D eigenvalue weighted by Gasteiger charge is 2.14. The van der Waals surface area contributed by atoms with Crippen LogP contribution in [0.5, 0.6) is 0 Å². The van der Waals surface area contributed by atoms with Crippen molar-refractivity contribution < 1.29 is 9.18 Å². The molecule has 2 aromatic carbocycles. The first-order valence-corrected chi connectivity index (χ1v) is 8.89. The summed E-state index contributed by atoms with van der Waals surface area (Å²) < 4.78 is 14.6. The number of carbonyl (C=O) groups is 1. The lowest BCUT2D eigenvalue weighted by Gasteiger charge is -2.09. The Hall–Kier alpha value is -2.87. The van der Waals surface area contributed by atoms with E-state index in [4.69, 9.17) is 5.84 Å². The third-order valence-corrected chi connectivity index (χ3v) is 4.68. The van der Waals surface area contributed by atoms with Gasteiger partial charge in [0.2, 0.25) is 11.1 Å². The number of carbonyl (C=O) groups excluding carboxylic acids is 1. The minimum Gasteiger partial charge on any atom is -0.335 e. The molecule has 134 valence electrons. The molecule has 6 nitrogen and oxygen atoms in total. The van der Waals surface area contributed by atoms with Gasteiger partial charge >= 0.3 is 0 Å². The monoisotopic (exact) mass is 371 g/mol. The summed E-state index contributed by atoms with van der Waals surface area (Å²) in [5, 5.41) is 11.2. The number of nitrogens with one attached hydrogen (secondary N) is 1. The van der Waals surface area contributed by atoms with E-state index in [0.717, 1.165) is 28.6 Å². The highest BCUT2D eigenvalue weighted by Crippen LogP contribution is 2.22. The zero-order chi connectivity index (χ0) is 18.7. The molecule has 0 aliphatic heterocycles. The molecule has 0 unspecified atom stereocenters. The first-order chi connectivity index (χ1) is 12.4. The van der Waals surface area contributed by atoms with Gasteiger partial charge in [-0.3, -0.25) is 4.79 Å². The summed E-state index contributed by atoms with van der Waals surface area (Å²) in [6.07, 6.45) is 0. The van der Waals surface area contributed by atoms with Crippen LogP contribution < -0.4 is 11.2 Å². The van der Waals surface area contributed by atoms with Crippen molar-refractivity contribution >= 4 is 23.4 Å². The molecule has 0 atom stereocenters. The molecule has 0 saturated carbocycles. The summed E-state index contributed by atoms with van der Waals surface area (Å²) in [5.74, 6) is 5.90. The third kappa shape index (κ3) is 4.02. The molecule has 0 fully saturated rings. The predicted octanol–water partition coefficient (Wildman–Crippen LogP) is 3.15. The van der Waals surface area contributed by atoms with Crippen LogP contribution in [0.4, 0.5) is 10.1 Å². The standard InChI is InChI=1S/C18H18FN5OS/c1-11-6-7-15(12(2)8-11)21-16(25)10-26-18-23-22-17(24(18)20)13-4-3-5-14(19)9-13/h3-9H,10,20H2,1-2H3,(H,21,25). The number of anilines is 1. The van der Waals surface area contributed by atoms with Crippen molar-refractivity contribution in [2.24, 2.45) is 0 Å². The van der Waals surface area contributed by atoms with E-state index in [0.29, 0.717) is 16.5 Å². The van der Waals surface area contributed by atoms with Crippen molar-refractivity contribution in [3.8, 4) is 11.4 Å². The number of aromatic nitrogens is 3. The molecule has 3 aromatic rings. The first kappa shape index (κ1) is 17.9. The molecule has 1 heterocycles. The van der Waals surface area contributed by atoms with E-state index in [1.165, 1.54) is 16.8 Å². The summed E-state index contributed by atoms with van der Waals surface area (Å²) in [6.45, 7) is 3.94. The number of aryl methyl sites for hydroxylation is 2. The molecule has 0 radical (unpaired) electrons. The Balaban J connectivity index is 1.66. The quantitative estimate of drug-likeness (QED) is 0.532. The molecular formula is C18H18FN5OS. The largest absolute Gasteiger partial charge is 0.335 e. The van der Waals surface area contributed by atoms with Crippen LogP contribution in [0.15, 0.2) is 47.6 Å². The molecule has 0 aliphatic carbocycles. The van der Waals surface area contributed by atoms with Gasteiger partial charge in [-0.2, -0.15) is 0 Å². The van der Waals surface area contributed by atoms with E-state index in [-0.39, 0.29) is 17.5 Å². The lowest BCUT2D eigenvalue weighted by Crippen LogP contribution is -2.17. The summed E-state index contributed by atoms with van der Waals surface area (Å²) >= 11 is 1.16. The molecule has 0 aliphatic rings. The Bertz CT molecular complexity index is 957. The second kappa shape index (κ2) is 7.57. The number of nitrogens with two attached hydrogens (primary N) is 1.